The van der Waals surface area contributed by atoms with Gasteiger partial charge >= 0.3 is 0 Å². The molecule has 0 spiro atoms. The molecular weight excluding hydrogens is 575 g/mol. The molecule has 2 aliphatic heterocycles. The molecule has 5 rings (SSSR count). The second-order valence-corrected chi connectivity index (χ2v) is 10.6. The summed E-state index contributed by atoms with van der Waals surface area (Å²) < 4.78 is 46.0. The number of nitrogens with zero attached hydrogens (tertiary/aromatic N) is 3. The van der Waals surface area contributed by atoms with Gasteiger partial charge in [-0.3, -0.25) is 9.59 Å². The van der Waals surface area contributed by atoms with Crippen LogP contribution in [0.15, 0.2) is 42.6 Å². The Bertz CT molecular complexity index is 1490. The molecule has 1 saturated heterocycles. The van der Waals surface area contributed by atoms with Crippen LogP contribution >= 0.6 is 11.6 Å². The first-order valence-corrected chi connectivity index (χ1v) is 13.8. The van der Waals surface area contributed by atoms with Crippen LogP contribution in [0.1, 0.15) is 59.3 Å². The topological polar surface area (TPSA) is 117 Å². The summed E-state index contributed by atoms with van der Waals surface area (Å²) in [4.78, 5) is 36.6. The van der Waals surface area contributed by atoms with Crippen molar-refractivity contribution in [3.05, 3.63) is 75.7 Å². The Kier molecular flexibility index (Phi) is 8.95. The molecule has 3 N–H and O–H groups in total. The summed E-state index contributed by atoms with van der Waals surface area (Å²) >= 11 is 6.42. The standard InChI is InChI=1S/C29H29ClF3N5O4/c1-15(20-11-17(26(32)33)4-5-23(20)31)35-27(40)24(14-39)38-13-18-3-2-16(10-21(18)28(38)41)25-22(30)12-34-29(37-25)36-19-6-8-42-9-7-19/h2-5,10-12,15,19,24,26,39H,6-9,13-14H2,1H3,(H,35,40)(H,34,36,37). The number of fused-ring (bicyclic) bond motifs is 1. The van der Waals surface area contributed by atoms with E-state index in [9.17, 15) is 27.9 Å². The summed E-state index contributed by atoms with van der Waals surface area (Å²) in [6.45, 7) is 2.07. The van der Waals surface area contributed by atoms with Crippen molar-refractivity contribution in [2.24, 2.45) is 0 Å². The molecule has 13 heteroatoms. The number of hydrogen-bond acceptors (Lipinski definition) is 7. The number of anilines is 1. The van der Waals surface area contributed by atoms with Gasteiger partial charge in [-0.1, -0.05) is 29.8 Å². The molecule has 2 aliphatic rings. The largest absolute Gasteiger partial charge is 0.394 e. The number of carbonyl (C=O) groups excluding carboxylic acids is 2. The molecule has 3 aromatic rings. The van der Waals surface area contributed by atoms with Crippen molar-refractivity contribution in [1.82, 2.24) is 20.2 Å². The van der Waals surface area contributed by atoms with Crippen molar-refractivity contribution in [2.45, 2.75) is 50.9 Å². The Hall–Kier alpha value is -3.74. The van der Waals surface area contributed by atoms with Crippen molar-refractivity contribution in [1.29, 1.82) is 0 Å². The van der Waals surface area contributed by atoms with Crippen molar-refractivity contribution in [3.8, 4) is 11.3 Å². The van der Waals surface area contributed by atoms with E-state index in [1.165, 1.54) is 18.0 Å². The second kappa shape index (κ2) is 12.6. The van der Waals surface area contributed by atoms with Crippen molar-refractivity contribution in [3.63, 3.8) is 0 Å². The zero-order chi connectivity index (χ0) is 30.0. The van der Waals surface area contributed by atoms with E-state index < -0.39 is 42.7 Å². The smallest absolute Gasteiger partial charge is 0.263 e. The number of ether oxygens (including phenoxy) is 1. The fourth-order valence-electron chi connectivity index (χ4n) is 5.13. The number of alkyl halides is 2. The van der Waals surface area contributed by atoms with Gasteiger partial charge in [-0.25, -0.2) is 23.1 Å². The van der Waals surface area contributed by atoms with E-state index in [2.05, 4.69) is 20.6 Å². The van der Waals surface area contributed by atoms with Crippen LogP contribution in [0.4, 0.5) is 19.1 Å². The van der Waals surface area contributed by atoms with Crippen molar-refractivity contribution < 1.29 is 32.6 Å². The Balaban J connectivity index is 1.32. The normalized spacial score (nSPS) is 16.8. The Morgan fingerprint density at radius 3 is 2.69 bits per heavy atom. The molecule has 0 radical (unpaired) electrons. The molecule has 42 heavy (non-hydrogen) atoms. The molecule has 2 amide bonds. The van der Waals surface area contributed by atoms with E-state index >= 15 is 0 Å². The maximum atomic E-state index is 14.4. The lowest BCUT2D eigenvalue weighted by Crippen LogP contribution is -2.49. The van der Waals surface area contributed by atoms with E-state index in [0.717, 1.165) is 31.0 Å². The lowest BCUT2D eigenvalue weighted by atomic mass is 10.0. The molecular formula is C29H29ClF3N5O4. The molecule has 2 atom stereocenters. The summed E-state index contributed by atoms with van der Waals surface area (Å²) in [5, 5.41) is 16.2. The highest BCUT2D eigenvalue weighted by atomic mass is 35.5. The maximum absolute atomic E-state index is 14.4. The second-order valence-electron chi connectivity index (χ2n) is 10.2. The van der Waals surface area contributed by atoms with E-state index in [0.29, 0.717) is 46.6 Å². The maximum Gasteiger partial charge on any atom is 0.263 e. The van der Waals surface area contributed by atoms with Crippen LogP contribution in [0, 0.1) is 5.82 Å². The summed E-state index contributed by atoms with van der Waals surface area (Å²) in [5.41, 5.74) is 1.42. The number of halogens is 4. The Morgan fingerprint density at radius 2 is 1.98 bits per heavy atom. The van der Waals surface area contributed by atoms with Gasteiger partial charge in [0.1, 0.15) is 11.9 Å². The average molecular weight is 604 g/mol. The van der Waals surface area contributed by atoms with E-state index in [-0.39, 0.29) is 23.7 Å². The average Bonchev–Trinajstić information content (AvgIpc) is 3.30. The van der Waals surface area contributed by atoms with Crippen LogP contribution in [0.25, 0.3) is 11.3 Å². The number of rotatable bonds is 9. The summed E-state index contributed by atoms with van der Waals surface area (Å²) in [5.74, 6) is -1.61. The first-order chi connectivity index (χ1) is 20.2. The molecule has 3 heterocycles. The zero-order valence-electron chi connectivity index (χ0n) is 22.6. The fraction of sp³-hybridized carbons (Fsp3) is 0.379. The number of hydrogen-bond donors (Lipinski definition) is 3. The quantitative estimate of drug-likeness (QED) is 0.326. The van der Waals surface area contributed by atoms with Gasteiger partial charge in [0.15, 0.2) is 0 Å². The third-order valence-corrected chi connectivity index (χ3v) is 7.74. The van der Waals surface area contributed by atoms with Gasteiger partial charge in [0.2, 0.25) is 11.9 Å². The molecule has 1 aromatic heterocycles. The number of aromatic nitrogens is 2. The highest BCUT2D eigenvalue weighted by Crippen LogP contribution is 2.33. The highest BCUT2D eigenvalue weighted by Gasteiger charge is 2.37. The van der Waals surface area contributed by atoms with E-state index in [1.807, 2.05) is 0 Å². The number of amides is 2. The summed E-state index contributed by atoms with van der Waals surface area (Å²) in [7, 11) is 0. The van der Waals surface area contributed by atoms with Crippen LogP contribution in [0.3, 0.4) is 0 Å². The van der Waals surface area contributed by atoms with Crippen LogP contribution in [-0.2, 0) is 16.1 Å². The molecule has 1 fully saturated rings. The van der Waals surface area contributed by atoms with Gasteiger partial charge < -0.3 is 25.4 Å². The van der Waals surface area contributed by atoms with Crippen molar-refractivity contribution in [2.75, 3.05) is 25.1 Å². The molecule has 2 unspecified atom stereocenters. The molecule has 0 aliphatic carbocycles. The number of aliphatic hydroxyl groups excluding tert-OH is 1. The van der Waals surface area contributed by atoms with Crippen LogP contribution in [-0.4, -0.2) is 63.7 Å². The van der Waals surface area contributed by atoms with Gasteiger partial charge in [0.25, 0.3) is 12.3 Å². The van der Waals surface area contributed by atoms with Gasteiger partial charge in [-0.2, -0.15) is 0 Å². The highest BCUT2D eigenvalue weighted by molar-refractivity contribution is 6.33. The van der Waals surface area contributed by atoms with Gasteiger partial charge in [0.05, 0.1) is 29.6 Å². The van der Waals surface area contributed by atoms with E-state index in [1.54, 1.807) is 18.2 Å². The first-order valence-electron chi connectivity index (χ1n) is 13.5. The number of benzene rings is 2. The van der Waals surface area contributed by atoms with E-state index in [4.69, 9.17) is 16.3 Å². The van der Waals surface area contributed by atoms with Gasteiger partial charge in [0, 0.05) is 48.1 Å². The number of aliphatic hydroxyl groups is 1. The summed E-state index contributed by atoms with van der Waals surface area (Å²) in [6.07, 6.45) is 0.315. The third kappa shape index (κ3) is 6.20. The van der Waals surface area contributed by atoms with Crippen LogP contribution in [0.5, 0.6) is 0 Å². The summed E-state index contributed by atoms with van der Waals surface area (Å²) in [6, 6.07) is 5.86. The molecule has 222 valence electrons. The first kappa shape index (κ1) is 29.7. The number of carbonyl (C=O) groups is 2. The predicted molar refractivity (Wildman–Crippen MR) is 149 cm³/mol. The van der Waals surface area contributed by atoms with Crippen LogP contribution < -0.4 is 10.6 Å². The molecule has 2 aromatic carbocycles. The number of nitrogens with one attached hydrogen (secondary N) is 2. The fourth-order valence-corrected chi connectivity index (χ4v) is 5.33. The predicted octanol–water partition coefficient (Wildman–Crippen LogP) is 4.66. The Morgan fingerprint density at radius 1 is 1.21 bits per heavy atom. The van der Waals surface area contributed by atoms with Gasteiger partial charge in [-0.15, -0.1) is 0 Å². The molecule has 9 nitrogen and oxygen atoms in total. The Labute approximate surface area is 245 Å². The minimum atomic E-state index is -2.81. The minimum Gasteiger partial charge on any atom is -0.394 e. The molecule has 0 bridgehead atoms. The zero-order valence-corrected chi connectivity index (χ0v) is 23.4. The van der Waals surface area contributed by atoms with Crippen molar-refractivity contribution >= 4 is 29.4 Å². The lowest BCUT2D eigenvalue weighted by molar-refractivity contribution is -0.127. The monoisotopic (exact) mass is 603 g/mol. The van der Waals surface area contributed by atoms with Gasteiger partial charge in [-0.05, 0) is 43.5 Å². The van der Waals surface area contributed by atoms with Crippen LogP contribution in [0.2, 0.25) is 5.02 Å². The molecule has 0 saturated carbocycles. The SMILES string of the molecule is CC(NC(=O)C(CO)N1Cc2ccc(-c3nc(NC4CCOCC4)ncc3Cl)cc2C1=O)c1cc(C(F)F)ccc1F. The minimum absolute atomic E-state index is 0.0464. The lowest BCUT2D eigenvalue weighted by Gasteiger charge is -2.27. The third-order valence-electron chi connectivity index (χ3n) is 7.46.